The van der Waals surface area contributed by atoms with Crippen molar-refractivity contribution in [3.63, 3.8) is 0 Å². The lowest BCUT2D eigenvalue weighted by molar-refractivity contribution is 0.409. The zero-order valence-corrected chi connectivity index (χ0v) is 18.4. The van der Waals surface area contributed by atoms with Crippen LogP contribution in [0.3, 0.4) is 0 Å². The van der Waals surface area contributed by atoms with Gasteiger partial charge in [-0.05, 0) is 44.4 Å². The SMILES string of the molecule is CCNC(=NCc1ccc(C)cc1OC)NCCCn1cc(C)cn1.I. The number of hydrogen-bond donors (Lipinski definition) is 2. The third kappa shape index (κ3) is 7.23. The minimum Gasteiger partial charge on any atom is -0.496 e. The molecule has 0 aliphatic rings. The van der Waals surface area contributed by atoms with Crippen molar-refractivity contribution < 1.29 is 4.74 Å². The smallest absolute Gasteiger partial charge is 0.191 e. The predicted molar refractivity (Wildman–Crippen MR) is 118 cm³/mol. The molecule has 0 saturated heterocycles. The fourth-order valence-electron chi connectivity index (χ4n) is 2.53. The summed E-state index contributed by atoms with van der Waals surface area (Å²) in [5.74, 6) is 1.70. The predicted octanol–water partition coefficient (Wildman–Crippen LogP) is 3.27. The van der Waals surface area contributed by atoms with Crippen LogP contribution in [0.5, 0.6) is 5.75 Å². The van der Waals surface area contributed by atoms with Crippen LogP contribution in [0.4, 0.5) is 0 Å². The number of rotatable bonds is 8. The molecule has 1 aromatic heterocycles. The number of nitrogens with zero attached hydrogens (tertiary/aromatic N) is 3. The van der Waals surface area contributed by atoms with Gasteiger partial charge in [0.2, 0.25) is 0 Å². The van der Waals surface area contributed by atoms with Crippen molar-refractivity contribution in [3.05, 3.63) is 47.3 Å². The van der Waals surface area contributed by atoms with Crippen molar-refractivity contribution in [1.82, 2.24) is 20.4 Å². The van der Waals surface area contributed by atoms with Crippen molar-refractivity contribution in [3.8, 4) is 5.75 Å². The Bertz CT molecular complexity index is 699. The molecule has 0 spiro atoms. The summed E-state index contributed by atoms with van der Waals surface area (Å²) in [6.07, 6.45) is 4.93. The molecule has 0 amide bonds. The third-order valence-electron chi connectivity index (χ3n) is 3.81. The van der Waals surface area contributed by atoms with Gasteiger partial charge in [-0.1, -0.05) is 12.1 Å². The molecular formula is C19H30IN5O. The molecule has 0 aliphatic heterocycles. The van der Waals surface area contributed by atoms with Crippen LogP contribution in [0.15, 0.2) is 35.6 Å². The molecule has 0 bridgehead atoms. The number of guanidine groups is 1. The van der Waals surface area contributed by atoms with E-state index in [4.69, 9.17) is 4.74 Å². The first-order chi connectivity index (χ1) is 12.1. The lowest BCUT2D eigenvalue weighted by Gasteiger charge is -2.12. The molecule has 6 nitrogen and oxygen atoms in total. The van der Waals surface area contributed by atoms with Crippen molar-refractivity contribution in [2.45, 2.75) is 40.3 Å². The summed E-state index contributed by atoms with van der Waals surface area (Å²) < 4.78 is 7.42. The summed E-state index contributed by atoms with van der Waals surface area (Å²) in [4.78, 5) is 4.66. The van der Waals surface area contributed by atoms with Crippen LogP contribution in [0.1, 0.15) is 30.0 Å². The molecule has 0 unspecified atom stereocenters. The molecular weight excluding hydrogens is 441 g/mol. The van der Waals surface area contributed by atoms with Gasteiger partial charge in [-0.3, -0.25) is 4.68 Å². The fourth-order valence-corrected chi connectivity index (χ4v) is 2.53. The highest BCUT2D eigenvalue weighted by atomic mass is 127. The highest BCUT2D eigenvalue weighted by Gasteiger charge is 2.04. The number of hydrogen-bond acceptors (Lipinski definition) is 3. The summed E-state index contributed by atoms with van der Waals surface area (Å²) in [7, 11) is 1.70. The van der Waals surface area contributed by atoms with Crippen LogP contribution in [-0.2, 0) is 13.1 Å². The number of aromatic nitrogens is 2. The summed E-state index contributed by atoms with van der Waals surface area (Å²) in [5.41, 5.74) is 3.45. The van der Waals surface area contributed by atoms with Gasteiger partial charge in [0, 0.05) is 31.4 Å². The van der Waals surface area contributed by atoms with Gasteiger partial charge in [0.1, 0.15) is 5.75 Å². The number of halogens is 1. The molecule has 1 heterocycles. The Kier molecular flexibility index (Phi) is 10.1. The van der Waals surface area contributed by atoms with Gasteiger partial charge >= 0.3 is 0 Å². The first-order valence-corrected chi connectivity index (χ1v) is 8.77. The van der Waals surface area contributed by atoms with Crippen molar-refractivity contribution in [1.29, 1.82) is 0 Å². The second kappa shape index (κ2) is 11.8. The number of aliphatic imine (C=N–C) groups is 1. The number of ether oxygens (including phenoxy) is 1. The van der Waals surface area contributed by atoms with Crippen LogP contribution < -0.4 is 15.4 Å². The lowest BCUT2D eigenvalue weighted by atomic mass is 10.1. The van der Waals surface area contributed by atoms with E-state index in [9.17, 15) is 0 Å². The van der Waals surface area contributed by atoms with E-state index < -0.39 is 0 Å². The molecule has 144 valence electrons. The summed E-state index contributed by atoms with van der Waals surface area (Å²) in [6, 6.07) is 6.19. The Hall–Kier alpha value is -1.77. The zero-order valence-electron chi connectivity index (χ0n) is 16.1. The van der Waals surface area contributed by atoms with E-state index >= 15 is 0 Å². The zero-order chi connectivity index (χ0) is 18.1. The quantitative estimate of drug-likeness (QED) is 0.269. The highest BCUT2D eigenvalue weighted by Crippen LogP contribution is 2.20. The minimum atomic E-state index is 0. The van der Waals surface area contributed by atoms with Gasteiger partial charge in [0.15, 0.2) is 5.96 Å². The van der Waals surface area contributed by atoms with E-state index in [2.05, 4.69) is 59.8 Å². The fraction of sp³-hybridized carbons (Fsp3) is 0.474. The van der Waals surface area contributed by atoms with Crippen LogP contribution in [0, 0.1) is 13.8 Å². The number of nitrogens with one attached hydrogen (secondary N) is 2. The molecule has 2 rings (SSSR count). The largest absolute Gasteiger partial charge is 0.496 e. The molecule has 0 aliphatic carbocycles. The molecule has 1 aromatic carbocycles. The van der Waals surface area contributed by atoms with E-state index in [1.807, 2.05) is 16.9 Å². The molecule has 0 fully saturated rings. The Morgan fingerprint density at radius 1 is 1.23 bits per heavy atom. The number of methoxy groups -OCH3 is 1. The molecule has 7 heteroatoms. The Morgan fingerprint density at radius 3 is 2.69 bits per heavy atom. The standard InChI is InChI=1S/C19H29N5O.HI/c1-5-20-19(21-9-6-10-24-14-16(3)12-23-24)22-13-17-8-7-15(2)11-18(17)25-4;/h7-8,11-12,14H,5-6,9-10,13H2,1-4H3,(H2,20,21,22);1H. The topological polar surface area (TPSA) is 63.5 Å². The van der Waals surface area contributed by atoms with E-state index in [1.165, 1.54) is 11.1 Å². The average Bonchev–Trinajstić information content (AvgIpc) is 3.02. The molecule has 0 saturated carbocycles. The van der Waals surface area contributed by atoms with Crippen LogP contribution in [0.25, 0.3) is 0 Å². The lowest BCUT2D eigenvalue weighted by Crippen LogP contribution is -2.38. The maximum atomic E-state index is 5.45. The van der Waals surface area contributed by atoms with Crippen molar-refractivity contribution in [2.75, 3.05) is 20.2 Å². The maximum Gasteiger partial charge on any atom is 0.191 e. The van der Waals surface area contributed by atoms with Gasteiger partial charge in [-0.2, -0.15) is 5.10 Å². The van der Waals surface area contributed by atoms with E-state index in [-0.39, 0.29) is 24.0 Å². The Balaban J connectivity index is 0.00000338. The normalized spacial score (nSPS) is 11.0. The van der Waals surface area contributed by atoms with Crippen LogP contribution in [0.2, 0.25) is 0 Å². The third-order valence-corrected chi connectivity index (χ3v) is 3.81. The number of benzene rings is 1. The highest BCUT2D eigenvalue weighted by molar-refractivity contribution is 14.0. The first-order valence-electron chi connectivity index (χ1n) is 8.77. The second-order valence-electron chi connectivity index (χ2n) is 6.07. The summed E-state index contributed by atoms with van der Waals surface area (Å²) >= 11 is 0. The first kappa shape index (κ1) is 22.3. The van der Waals surface area contributed by atoms with Crippen molar-refractivity contribution in [2.24, 2.45) is 4.99 Å². The average molecular weight is 471 g/mol. The Labute approximate surface area is 173 Å². The molecule has 0 atom stereocenters. The van der Waals surface area contributed by atoms with Crippen LogP contribution in [-0.4, -0.2) is 35.9 Å². The molecule has 0 radical (unpaired) electrons. The second-order valence-corrected chi connectivity index (χ2v) is 6.07. The van der Waals surface area contributed by atoms with E-state index in [1.54, 1.807) is 7.11 Å². The summed E-state index contributed by atoms with van der Waals surface area (Å²) in [5, 5.41) is 11.0. The Morgan fingerprint density at radius 2 is 2.04 bits per heavy atom. The maximum absolute atomic E-state index is 5.45. The van der Waals surface area contributed by atoms with Gasteiger partial charge in [-0.25, -0.2) is 4.99 Å². The molecule has 26 heavy (non-hydrogen) atoms. The molecule has 2 aromatic rings. The van der Waals surface area contributed by atoms with E-state index in [0.717, 1.165) is 43.3 Å². The van der Waals surface area contributed by atoms with E-state index in [0.29, 0.717) is 6.54 Å². The van der Waals surface area contributed by atoms with Gasteiger partial charge in [-0.15, -0.1) is 24.0 Å². The summed E-state index contributed by atoms with van der Waals surface area (Å²) in [6.45, 7) is 9.32. The number of aryl methyl sites for hydroxylation is 3. The van der Waals surface area contributed by atoms with Crippen molar-refractivity contribution >= 4 is 29.9 Å². The monoisotopic (exact) mass is 471 g/mol. The van der Waals surface area contributed by atoms with Gasteiger partial charge in [0.25, 0.3) is 0 Å². The van der Waals surface area contributed by atoms with Gasteiger partial charge in [0.05, 0.1) is 19.9 Å². The molecule has 2 N–H and O–H groups in total. The van der Waals surface area contributed by atoms with Gasteiger partial charge < -0.3 is 15.4 Å². The van der Waals surface area contributed by atoms with Crippen LogP contribution >= 0.6 is 24.0 Å². The minimum absolute atomic E-state index is 0.